The molecule has 1 amide bonds. The minimum absolute atomic E-state index is 0.115. The third-order valence-corrected chi connectivity index (χ3v) is 4.21. The number of carbonyl (C=O) groups excluding carboxylic acids is 1. The average Bonchev–Trinajstić information content (AvgIpc) is 2.93. The second-order valence-electron chi connectivity index (χ2n) is 7.10. The van der Waals surface area contributed by atoms with E-state index in [9.17, 15) is 4.79 Å². The number of nitrogens with zero attached hydrogens (tertiary/aromatic N) is 1. The summed E-state index contributed by atoms with van der Waals surface area (Å²) in [5.74, 6) is 1.34. The van der Waals surface area contributed by atoms with Crippen molar-refractivity contribution in [1.82, 2.24) is 4.90 Å². The number of hydrogen-bond acceptors (Lipinski definition) is 5. The van der Waals surface area contributed by atoms with Crippen molar-refractivity contribution < 1.29 is 19.0 Å². The van der Waals surface area contributed by atoms with E-state index in [2.05, 4.69) is 5.32 Å². The molecular weight excluding hydrogens is 332 g/mol. The van der Waals surface area contributed by atoms with E-state index in [-0.39, 0.29) is 18.9 Å². The average molecular weight is 355 g/mol. The molecule has 1 saturated heterocycles. The van der Waals surface area contributed by atoms with Gasteiger partial charge in [-0.05, 0) is 33.6 Å². The molecule has 6 nitrogen and oxygen atoms in total. The van der Waals surface area contributed by atoms with Gasteiger partial charge in [-0.1, -0.05) is 11.6 Å². The molecule has 1 fully saturated rings. The summed E-state index contributed by atoms with van der Waals surface area (Å²) in [6, 6.07) is 3.71. The summed E-state index contributed by atoms with van der Waals surface area (Å²) in [5, 5.41) is 3.99. The molecule has 1 aromatic carbocycles. The molecule has 3 rings (SSSR count). The van der Waals surface area contributed by atoms with Gasteiger partial charge in [0, 0.05) is 31.3 Å². The standard InChI is InChI=1S/C17H23ClN2O4/c1-17(2,3)24-16(21)20-6-4-5-11(9-20)19-13-8-15-14(7-12(13)18)22-10-23-15/h7-8,11,19H,4-6,9-10H2,1-3H3. The summed E-state index contributed by atoms with van der Waals surface area (Å²) >= 11 is 6.31. The second kappa shape index (κ2) is 6.59. The number of piperidine rings is 1. The van der Waals surface area contributed by atoms with E-state index in [1.54, 1.807) is 11.0 Å². The molecular formula is C17H23ClN2O4. The molecule has 1 N–H and O–H groups in total. The van der Waals surface area contributed by atoms with Gasteiger partial charge in [0.05, 0.1) is 10.7 Å². The van der Waals surface area contributed by atoms with E-state index in [0.717, 1.165) is 18.5 Å². The van der Waals surface area contributed by atoms with Crippen LogP contribution in [0.3, 0.4) is 0 Å². The van der Waals surface area contributed by atoms with Gasteiger partial charge in [-0.2, -0.15) is 0 Å². The Morgan fingerprint density at radius 1 is 1.33 bits per heavy atom. The number of anilines is 1. The Morgan fingerprint density at radius 2 is 2.04 bits per heavy atom. The molecule has 1 aromatic rings. The number of hydrogen-bond donors (Lipinski definition) is 1. The topological polar surface area (TPSA) is 60.0 Å². The fraction of sp³-hybridized carbons (Fsp3) is 0.588. The summed E-state index contributed by atoms with van der Waals surface area (Å²) in [6.07, 6.45) is 1.61. The Morgan fingerprint density at radius 3 is 2.75 bits per heavy atom. The first-order chi connectivity index (χ1) is 11.3. The highest BCUT2D eigenvalue weighted by Gasteiger charge is 2.28. The maximum absolute atomic E-state index is 12.2. The van der Waals surface area contributed by atoms with Crippen molar-refractivity contribution in [1.29, 1.82) is 0 Å². The zero-order chi connectivity index (χ0) is 17.3. The van der Waals surface area contributed by atoms with Gasteiger partial charge < -0.3 is 24.4 Å². The highest BCUT2D eigenvalue weighted by molar-refractivity contribution is 6.33. The lowest BCUT2D eigenvalue weighted by Crippen LogP contribution is -2.47. The molecule has 0 saturated carbocycles. The summed E-state index contributed by atoms with van der Waals surface area (Å²) in [4.78, 5) is 14.0. The molecule has 7 heteroatoms. The van der Waals surface area contributed by atoms with Crippen LogP contribution >= 0.6 is 11.6 Å². The van der Waals surface area contributed by atoms with Gasteiger partial charge in [0.25, 0.3) is 0 Å². The van der Waals surface area contributed by atoms with Crippen molar-refractivity contribution in [3.63, 3.8) is 0 Å². The molecule has 1 atom stereocenters. The van der Waals surface area contributed by atoms with Crippen molar-refractivity contribution >= 4 is 23.4 Å². The van der Waals surface area contributed by atoms with Crippen LogP contribution in [0.15, 0.2) is 12.1 Å². The number of amides is 1. The normalized spacial score (nSPS) is 20.0. The van der Waals surface area contributed by atoms with Crippen molar-refractivity contribution in [2.24, 2.45) is 0 Å². The van der Waals surface area contributed by atoms with Crippen molar-refractivity contribution in [3.05, 3.63) is 17.2 Å². The molecule has 2 heterocycles. The minimum atomic E-state index is -0.488. The molecule has 0 bridgehead atoms. The first-order valence-electron chi connectivity index (χ1n) is 8.15. The van der Waals surface area contributed by atoms with E-state index in [0.29, 0.717) is 29.6 Å². The maximum atomic E-state index is 12.2. The Hall–Kier alpha value is -1.82. The van der Waals surface area contributed by atoms with Gasteiger partial charge in [0.15, 0.2) is 11.5 Å². The van der Waals surface area contributed by atoms with Gasteiger partial charge in [-0.25, -0.2) is 4.79 Å². The maximum Gasteiger partial charge on any atom is 0.410 e. The molecule has 0 aliphatic carbocycles. The van der Waals surface area contributed by atoms with Crippen LogP contribution in [0.4, 0.5) is 10.5 Å². The fourth-order valence-corrected chi connectivity index (χ4v) is 3.04. The quantitative estimate of drug-likeness (QED) is 0.873. The highest BCUT2D eigenvalue weighted by Crippen LogP contribution is 2.39. The number of rotatable bonds is 2. The van der Waals surface area contributed by atoms with E-state index in [1.807, 2.05) is 26.8 Å². The first-order valence-corrected chi connectivity index (χ1v) is 8.53. The van der Waals surface area contributed by atoms with Gasteiger partial charge in [-0.15, -0.1) is 0 Å². The molecule has 2 aliphatic heterocycles. The summed E-state index contributed by atoms with van der Waals surface area (Å²) in [6.45, 7) is 7.12. The lowest BCUT2D eigenvalue weighted by Gasteiger charge is -2.35. The monoisotopic (exact) mass is 354 g/mol. The minimum Gasteiger partial charge on any atom is -0.454 e. The van der Waals surface area contributed by atoms with Crippen LogP contribution in [-0.2, 0) is 4.74 Å². The van der Waals surface area contributed by atoms with Crippen molar-refractivity contribution in [3.8, 4) is 11.5 Å². The zero-order valence-electron chi connectivity index (χ0n) is 14.2. The van der Waals surface area contributed by atoms with Crippen LogP contribution in [-0.4, -0.2) is 42.5 Å². The molecule has 1 unspecified atom stereocenters. The number of nitrogens with one attached hydrogen (secondary N) is 1. The largest absolute Gasteiger partial charge is 0.454 e. The Balaban J connectivity index is 1.65. The van der Waals surface area contributed by atoms with Gasteiger partial charge in [-0.3, -0.25) is 0 Å². The Labute approximate surface area is 147 Å². The van der Waals surface area contributed by atoms with Gasteiger partial charge in [0.2, 0.25) is 6.79 Å². The third-order valence-electron chi connectivity index (χ3n) is 3.89. The van der Waals surface area contributed by atoms with Crippen LogP contribution in [0, 0.1) is 0 Å². The summed E-state index contributed by atoms with van der Waals surface area (Å²) in [7, 11) is 0. The summed E-state index contributed by atoms with van der Waals surface area (Å²) in [5.41, 5.74) is 0.301. The Bertz CT molecular complexity index is 630. The molecule has 0 radical (unpaired) electrons. The van der Waals surface area contributed by atoms with Crippen molar-refractivity contribution in [2.75, 3.05) is 25.2 Å². The van der Waals surface area contributed by atoms with Crippen LogP contribution in [0.2, 0.25) is 5.02 Å². The van der Waals surface area contributed by atoms with E-state index < -0.39 is 5.60 Å². The predicted octanol–water partition coefficient (Wildman–Crippen LogP) is 3.88. The Kier molecular flexibility index (Phi) is 4.67. The van der Waals surface area contributed by atoms with E-state index in [1.165, 1.54) is 0 Å². The number of halogens is 1. The molecule has 132 valence electrons. The van der Waals surface area contributed by atoms with Gasteiger partial charge >= 0.3 is 6.09 Å². The number of fused-ring (bicyclic) bond motifs is 1. The molecule has 0 spiro atoms. The third kappa shape index (κ3) is 3.98. The smallest absolute Gasteiger partial charge is 0.410 e. The first kappa shape index (κ1) is 17.0. The van der Waals surface area contributed by atoms with Crippen LogP contribution in [0.5, 0.6) is 11.5 Å². The second-order valence-corrected chi connectivity index (χ2v) is 7.50. The van der Waals surface area contributed by atoms with Crippen molar-refractivity contribution in [2.45, 2.75) is 45.3 Å². The molecule has 0 aromatic heterocycles. The number of carbonyl (C=O) groups is 1. The number of ether oxygens (including phenoxy) is 3. The molecule has 2 aliphatic rings. The fourth-order valence-electron chi connectivity index (χ4n) is 2.83. The van der Waals surface area contributed by atoms with E-state index in [4.69, 9.17) is 25.8 Å². The highest BCUT2D eigenvalue weighted by atomic mass is 35.5. The van der Waals surface area contributed by atoms with Gasteiger partial charge in [0.1, 0.15) is 5.60 Å². The zero-order valence-corrected chi connectivity index (χ0v) is 15.0. The number of likely N-dealkylation sites (tertiary alicyclic amines) is 1. The van der Waals surface area contributed by atoms with E-state index >= 15 is 0 Å². The van der Waals surface area contributed by atoms with Crippen LogP contribution in [0.1, 0.15) is 33.6 Å². The number of benzene rings is 1. The van der Waals surface area contributed by atoms with Crippen LogP contribution in [0.25, 0.3) is 0 Å². The predicted molar refractivity (Wildman–Crippen MR) is 92.0 cm³/mol. The molecule has 24 heavy (non-hydrogen) atoms. The lowest BCUT2D eigenvalue weighted by molar-refractivity contribution is 0.0206. The SMILES string of the molecule is CC(C)(C)OC(=O)N1CCCC(Nc2cc3c(cc2Cl)OCO3)C1. The van der Waals surface area contributed by atoms with Crippen LogP contribution < -0.4 is 14.8 Å². The summed E-state index contributed by atoms with van der Waals surface area (Å²) < 4.78 is 16.2. The lowest BCUT2D eigenvalue weighted by atomic mass is 10.1.